The zero-order valence-electron chi connectivity index (χ0n) is 11.1. The highest BCUT2D eigenvalue weighted by molar-refractivity contribution is 7.89. The first-order valence-corrected chi connectivity index (χ1v) is 7.77. The molecular weight excluding hydrogens is 240 g/mol. The minimum Gasteiger partial charge on any atom is -0.378 e. The summed E-state index contributed by atoms with van der Waals surface area (Å²) in [5, 5.41) is 3.32. The van der Waals surface area contributed by atoms with Crippen LogP contribution in [0.3, 0.4) is 0 Å². The van der Waals surface area contributed by atoms with Gasteiger partial charge in [-0.1, -0.05) is 0 Å². The molecule has 0 radical (unpaired) electrons. The standard InChI is InChI=1S/C11H24N2O3S/c1-9(2)16-5-6-17(14,15)13-7-10(3)12-11(4)8-13/h9-12H,5-8H2,1-4H3. The number of rotatable bonds is 5. The van der Waals surface area contributed by atoms with Gasteiger partial charge in [0.2, 0.25) is 10.0 Å². The molecule has 1 saturated heterocycles. The van der Waals surface area contributed by atoms with Crippen molar-refractivity contribution in [2.24, 2.45) is 0 Å². The van der Waals surface area contributed by atoms with Gasteiger partial charge in [0.25, 0.3) is 0 Å². The Morgan fingerprint density at radius 1 is 1.29 bits per heavy atom. The minimum absolute atomic E-state index is 0.0740. The van der Waals surface area contributed by atoms with Gasteiger partial charge < -0.3 is 10.1 Å². The number of sulfonamides is 1. The largest absolute Gasteiger partial charge is 0.378 e. The Balaban J connectivity index is 2.51. The second kappa shape index (κ2) is 6.13. The molecule has 1 fully saturated rings. The molecule has 17 heavy (non-hydrogen) atoms. The van der Waals surface area contributed by atoms with Crippen molar-refractivity contribution < 1.29 is 13.2 Å². The zero-order chi connectivity index (χ0) is 13.1. The zero-order valence-corrected chi connectivity index (χ0v) is 12.0. The molecule has 1 N–H and O–H groups in total. The van der Waals surface area contributed by atoms with Crippen molar-refractivity contribution in [1.29, 1.82) is 0 Å². The molecular formula is C11H24N2O3S. The summed E-state index contributed by atoms with van der Waals surface area (Å²) >= 11 is 0. The maximum Gasteiger partial charge on any atom is 0.216 e. The summed E-state index contributed by atoms with van der Waals surface area (Å²) in [6.07, 6.45) is 0.0751. The lowest BCUT2D eigenvalue weighted by Gasteiger charge is -2.35. The molecule has 2 unspecified atom stereocenters. The van der Waals surface area contributed by atoms with Crippen molar-refractivity contribution >= 4 is 10.0 Å². The van der Waals surface area contributed by atoms with Crippen molar-refractivity contribution in [3.63, 3.8) is 0 Å². The number of hydrogen-bond donors (Lipinski definition) is 1. The Bertz CT molecular complexity index is 320. The molecule has 0 amide bonds. The van der Waals surface area contributed by atoms with Crippen LogP contribution >= 0.6 is 0 Å². The Kier molecular flexibility index (Phi) is 5.37. The van der Waals surface area contributed by atoms with Gasteiger partial charge in [-0.15, -0.1) is 0 Å². The summed E-state index contributed by atoms with van der Waals surface area (Å²) < 4.78 is 31.0. The summed E-state index contributed by atoms with van der Waals surface area (Å²) in [5.41, 5.74) is 0. The molecule has 6 heteroatoms. The summed E-state index contributed by atoms with van der Waals surface area (Å²) in [7, 11) is -3.18. The van der Waals surface area contributed by atoms with E-state index in [-0.39, 0.29) is 30.5 Å². The molecule has 0 aromatic carbocycles. The van der Waals surface area contributed by atoms with Crippen molar-refractivity contribution in [3.05, 3.63) is 0 Å². The third-order valence-corrected chi connectivity index (χ3v) is 4.48. The highest BCUT2D eigenvalue weighted by Gasteiger charge is 2.29. The Hall–Kier alpha value is -0.170. The fourth-order valence-corrected chi connectivity index (χ4v) is 3.49. The SMILES string of the molecule is CC1CN(S(=O)(=O)CCOC(C)C)CC(C)N1. The predicted molar refractivity (Wildman–Crippen MR) is 68.5 cm³/mol. The Labute approximate surface area is 105 Å². The molecule has 1 heterocycles. The van der Waals surface area contributed by atoms with Gasteiger partial charge in [0.15, 0.2) is 0 Å². The minimum atomic E-state index is -3.18. The smallest absolute Gasteiger partial charge is 0.216 e. The molecule has 1 rings (SSSR count). The number of hydrogen-bond acceptors (Lipinski definition) is 4. The molecule has 2 atom stereocenters. The van der Waals surface area contributed by atoms with E-state index in [9.17, 15) is 8.42 Å². The quantitative estimate of drug-likeness (QED) is 0.782. The number of nitrogens with zero attached hydrogens (tertiary/aromatic N) is 1. The lowest BCUT2D eigenvalue weighted by atomic mass is 10.2. The van der Waals surface area contributed by atoms with Crippen LogP contribution in [0, 0.1) is 0 Å². The maximum atomic E-state index is 12.1. The van der Waals surface area contributed by atoms with Gasteiger partial charge in [0.1, 0.15) is 0 Å². The fourth-order valence-electron chi connectivity index (χ4n) is 2.02. The van der Waals surface area contributed by atoms with E-state index in [0.29, 0.717) is 13.1 Å². The fraction of sp³-hybridized carbons (Fsp3) is 1.00. The average Bonchev–Trinajstić information content (AvgIpc) is 2.14. The molecule has 0 saturated carbocycles. The second-order valence-electron chi connectivity index (χ2n) is 5.02. The highest BCUT2D eigenvalue weighted by atomic mass is 32.2. The molecule has 0 aromatic rings. The summed E-state index contributed by atoms with van der Waals surface area (Å²) in [5.74, 6) is 0.0740. The number of nitrogens with one attached hydrogen (secondary N) is 1. The van der Waals surface area contributed by atoms with Crippen LogP contribution in [-0.4, -0.2) is 56.4 Å². The van der Waals surface area contributed by atoms with Crippen LogP contribution in [0.5, 0.6) is 0 Å². The summed E-state index contributed by atoms with van der Waals surface area (Å²) in [6, 6.07) is 0.416. The average molecular weight is 264 g/mol. The van der Waals surface area contributed by atoms with Gasteiger partial charge in [-0.2, -0.15) is 4.31 Å². The van der Waals surface area contributed by atoms with Crippen LogP contribution in [0.1, 0.15) is 27.7 Å². The van der Waals surface area contributed by atoms with Gasteiger partial charge in [0.05, 0.1) is 18.5 Å². The molecule has 1 aliphatic heterocycles. The molecule has 1 aliphatic rings. The van der Waals surface area contributed by atoms with Crippen LogP contribution < -0.4 is 5.32 Å². The Morgan fingerprint density at radius 3 is 2.29 bits per heavy atom. The van der Waals surface area contributed by atoms with Gasteiger partial charge in [-0.25, -0.2) is 8.42 Å². The van der Waals surface area contributed by atoms with E-state index in [1.165, 1.54) is 0 Å². The Morgan fingerprint density at radius 2 is 1.82 bits per heavy atom. The van der Waals surface area contributed by atoms with E-state index in [2.05, 4.69) is 5.32 Å². The van der Waals surface area contributed by atoms with E-state index >= 15 is 0 Å². The lowest BCUT2D eigenvalue weighted by Crippen LogP contribution is -2.56. The second-order valence-corrected chi connectivity index (χ2v) is 7.11. The normalized spacial score (nSPS) is 27.6. The summed E-state index contributed by atoms with van der Waals surface area (Å²) in [6.45, 7) is 9.18. The van der Waals surface area contributed by atoms with E-state index in [1.807, 2.05) is 27.7 Å². The predicted octanol–water partition coefficient (Wildman–Crippen LogP) is 0.423. The van der Waals surface area contributed by atoms with Crippen molar-refractivity contribution in [2.75, 3.05) is 25.4 Å². The van der Waals surface area contributed by atoms with Gasteiger partial charge in [-0.05, 0) is 27.7 Å². The van der Waals surface area contributed by atoms with E-state index in [1.54, 1.807) is 4.31 Å². The van der Waals surface area contributed by atoms with E-state index in [4.69, 9.17) is 4.74 Å². The molecule has 0 aromatic heterocycles. The van der Waals surface area contributed by atoms with Crippen molar-refractivity contribution in [2.45, 2.75) is 45.9 Å². The lowest BCUT2D eigenvalue weighted by molar-refractivity contribution is 0.0904. The van der Waals surface area contributed by atoms with Crippen LogP contribution in [0.25, 0.3) is 0 Å². The van der Waals surface area contributed by atoms with Crippen LogP contribution in [0.4, 0.5) is 0 Å². The molecule has 102 valence electrons. The molecule has 0 aliphatic carbocycles. The van der Waals surface area contributed by atoms with E-state index < -0.39 is 10.0 Å². The van der Waals surface area contributed by atoms with Gasteiger partial charge >= 0.3 is 0 Å². The third-order valence-electron chi connectivity index (χ3n) is 2.71. The molecule has 5 nitrogen and oxygen atoms in total. The van der Waals surface area contributed by atoms with E-state index in [0.717, 1.165) is 0 Å². The maximum absolute atomic E-state index is 12.1. The highest BCUT2D eigenvalue weighted by Crippen LogP contribution is 2.10. The number of ether oxygens (including phenoxy) is 1. The molecule has 0 bridgehead atoms. The summed E-state index contributed by atoms with van der Waals surface area (Å²) in [4.78, 5) is 0. The van der Waals surface area contributed by atoms with Crippen molar-refractivity contribution in [3.8, 4) is 0 Å². The molecule has 0 spiro atoms. The monoisotopic (exact) mass is 264 g/mol. The third kappa shape index (κ3) is 4.91. The van der Waals surface area contributed by atoms with Gasteiger partial charge in [-0.3, -0.25) is 0 Å². The first-order valence-electron chi connectivity index (χ1n) is 6.16. The number of piperazine rings is 1. The van der Waals surface area contributed by atoms with Crippen LogP contribution in [-0.2, 0) is 14.8 Å². The first-order chi connectivity index (χ1) is 7.81. The first kappa shape index (κ1) is 14.9. The van der Waals surface area contributed by atoms with Crippen LogP contribution in [0.15, 0.2) is 0 Å². The topological polar surface area (TPSA) is 58.6 Å². The van der Waals surface area contributed by atoms with Crippen LogP contribution in [0.2, 0.25) is 0 Å². The van der Waals surface area contributed by atoms with Gasteiger partial charge in [0, 0.05) is 25.2 Å². The van der Waals surface area contributed by atoms with Crippen molar-refractivity contribution in [1.82, 2.24) is 9.62 Å².